The Kier molecular flexibility index (Phi) is 4.66. The highest BCUT2D eigenvalue weighted by Gasteiger charge is 2.16. The van der Waals surface area contributed by atoms with Gasteiger partial charge in [-0.1, -0.05) is 25.4 Å². The highest BCUT2D eigenvalue weighted by molar-refractivity contribution is 6.31. The van der Waals surface area contributed by atoms with Gasteiger partial charge in [-0.3, -0.25) is 0 Å². The maximum atomic E-state index is 13.6. The van der Waals surface area contributed by atoms with Crippen molar-refractivity contribution in [1.82, 2.24) is 0 Å². The number of hydrogen-bond donors (Lipinski definition) is 2. The molecule has 22 heavy (non-hydrogen) atoms. The van der Waals surface area contributed by atoms with Gasteiger partial charge in [0.05, 0.1) is 16.3 Å². The average molecular weight is 326 g/mol. The molecule has 3 nitrogen and oxygen atoms in total. The van der Waals surface area contributed by atoms with Crippen molar-refractivity contribution in [3.8, 4) is 0 Å². The smallest absolute Gasteiger partial charge is 0.337 e. The number of carbonyl (C=O) groups is 1. The first kappa shape index (κ1) is 16.2. The van der Waals surface area contributed by atoms with E-state index in [1.54, 1.807) is 0 Å². The second-order valence-corrected chi connectivity index (χ2v) is 5.54. The number of carboxylic acids is 1. The molecule has 2 N–H and O–H groups in total. The van der Waals surface area contributed by atoms with Crippen LogP contribution < -0.4 is 5.32 Å². The van der Waals surface area contributed by atoms with Gasteiger partial charge in [0.25, 0.3) is 0 Å². The van der Waals surface area contributed by atoms with E-state index < -0.39 is 17.6 Å². The molecule has 0 fully saturated rings. The number of rotatable bonds is 4. The molecule has 0 aromatic heterocycles. The standard InChI is InChI=1S/C16H14ClF2NO2/c1-8(2)10-5-9(18)3-4-14(10)20-15-7-13(19)12(17)6-11(15)16(21)22/h3-8,20H,1-2H3,(H,21,22). The number of carboxylic acid groups (broad SMARTS) is 1. The predicted octanol–water partition coefficient (Wildman–Crippen LogP) is 5.18. The van der Waals surface area contributed by atoms with Crippen LogP contribution in [0.1, 0.15) is 35.7 Å². The lowest BCUT2D eigenvalue weighted by atomic mass is 10.0. The molecule has 0 aliphatic rings. The first-order valence-corrected chi connectivity index (χ1v) is 6.96. The maximum Gasteiger partial charge on any atom is 0.337 e. The van der Waals surface area contributed by atoms with Gasteiger partial charge in [-0.2, -0.15) is 0 Å². The number of anilines is 2. The van der Waals surface area contributed by atoms with Gasteiger partial charge in [0.15, 0.2) is 0 Å². The Morgan fingerprint density at radius 1 is 1.18 bits per heavy atom. The van der Waals surface area contributed by atoms with E-state index >= 15 is 0 Å². The lowest BCUT2D eigenvalue weighted by Gasteiger charge is -2.16. The van der Waals surface area contributed by atoms with Crippen molar-refractivity contribution in [2.24, 2.45) is 0 Å². The molecule has 2 rings (SSSR count). The van der Waals surface area contributed by atoms with Crippen LogP contribution >= 0.6 is 11.6 Å². The van der Waals surface area contributed by atoms with Crippen molar-refractivity contribution in [2.75, 3.05) is 5.32 Å². The molecule has 0 spiro atoms. The molecule has 0 saturated carbocycles. The molecular weight excluding hydrogens is 312 g/mol. The minimum absolute atomic E-state index is 0.00336. The maximum absolute atomic E-state index is 13.6. The van der Waals surface area contributed by atoms with Crippen molar-refractivity contribution in [2.45, 2.75) is 19.8 Å². The first-order chi connectivity index (χ1) is 10.3. The quantitative estimate of drug-likeness (QED) is 0.814. The zero-order valence-corrected chi connectivity index (χ0v) is 12.7. The van der Waals surface area contributed by atoms with Crippen LogP contribution in [0.15, 0.2) is 30.3 Å². The fourth-order valence-corrected chi connectivity index (χ4v) is 2.26. The van der Waals surface area contributed by atoms with Gasteiger partial charge in [-0.25, -0.2) is 13.6 Å². The highest BCUT2D eigenvalue weighted by atomic mass is 35.5. The number of nitrogens with one attached hydrogen (secondary N) is 1. The van der Waals surface area contributed by atoms with Crippen LogP contribution in [0.5, 0.6) is 0 Å². The molecule has 0 unspecified atom stereocenters. The summed E-state index contributed by atoms with van der Waals surface area (Å²) in [6.45, 7) is 3.75. The van der Waals surface area contributed by atoms with Gasteiger partial charge >= 0.3 is 5.97 Å². The number of aromatic carboxylic acids is 1. The second-order valence-electron chi connectivity index (χ2n) is 5.13. The normalized spacial score (nSPS) is 10.8. The van der Waals surface area contributed by atoms with Crippen molar-refractivity contribution in [3.05, 3.63) is 58.1 Å². The van der Waals surface area contributed by atoms with E-state index in [2.05, 4.69) is 5.32 Å². The summed E-state index contributed by atoms with van der Waals surface area (Å²) < 4.78 is 27.0. The highest BCUT2D eigenvalue weighted by Crippen LogP contribution is 2.31. The molecule has 0 atom stereocenters. The fraction of sp³-hybridized carbons (Fsp3) is 0.188. The summed E-state index contributed by atoms with van der Waals surface area (Å²) in [5, 5.41) is 11.8. The third kappa shape index (κ3) is 3.36. The molecule has 2 aromatic carbocycles. The zero-order chi connectivity index (χ0) is 16.4. The Balaban J connectivity index is 2.52. The van der Waals surface area contributed by atoms with Crippen LogP contribution in [0.25, 0.3) is 0 Å². The Morgan fingerprint density at radius 2 is 1.86 bits per heavy atom. The van der Waals surface area contributed by atoms with Gasteiger partial charge < -0.3 is 10.4 Å². The molecule has 0 bridgehead atoms. The summed E-state index contributed by atoms with van der Waals surface area (Å²) >= 11 is 5.62. The molecule has 0 saturated heterocycles. The molecule has 0 aliphatic carbocycles. The summed E-state index contributed by atoms with van der Waals surface area (Å²) in [4.78, 5) is 11.3. The number of halogens is 3. The van der Waals surface area contributed by atoms with E-state index in [0.29, 0.717) is 11.3 Å². The zero-order valence-electron chi connectivity index (χ0n) is 12.0. The minimum Gasteiger partial charge on any atom is -0.478 e. The molecular formula is C16H14ClF2NO2. The number of hydrogen-bond acceptors (Lipinski definition) is 2. The second kappa shape index (κ2) is 6.32. The van der Waals surface area contributed by atoms with Crippen molar-refractivity contribution in [3.63, 3.8) is 0 Å². The van der Waals surface area contributed by atoms with Crippen LogP contribution in [-0.4, -0.2) is 11.1 Å². The molecule has 0 aliphatic heterocycles. The van der Waals surface area contributed by atoms with Gasteiger partial charge in [-0.15, -0.1) is 0 Å². The SMILES string of the molecule is CC(C)c1cc(F)ccc1Nc1cc(F)c(Cl)cc1C(=O)O. The van der Waals surface area contributed by atoms with Crippen molar-refractivity contribution in [1.29, 1.82) is 0 Å². The summed E-state index contributed by atoms with van der Waals surface area (Å²) in [7, 11) is 0. The van der Waals surface area contributed by atoms with Crippen LogP contribution in [0.4, 0.5) is 20.2 Å². The van der Waals surface area contributed by atoms with Crippen LogP contribution in [0, 0.1) is 11.6 Å². The van der Waals surface area contributed by atoms with E-state index in [-0.39, 0.29) is 22.2 Å². The lowest BCUT2D eigenvalue weighted by molar-refractivity contribution is 0.0698. The summed E-state index contributed by atoms with van der Waals surface area (Å²) in [6.07, 6.45) is 0. The molecule has 0 amide bonds. The Bertz CT molecular complexity index is 732. The van der Waals surface area contributed by atoms with Gasteiger partial charge in [0, 0.05) is 5.69 Å². The Morgan fingerprint density at radius 3 is 2.45 bits per heavy atom. The molecule has 116 valence electrons. The van der Waals surface area contributed by atoms with E-state index in [0.717, 1.165) is 12.1 Å². The summed E-state index contributed by atoms with van der Waals surface area (Å²) in [5.74, 6) is -2.36. The Hall–Kier alpha value is -2.14. The predicted molar refractivity (Wildman–Crippen MR) is 82.1 cm³/mol. The fourth-order valence-electron chi connectivity index (χ4n) is 2.10. The topological polar surface area (TPSA) is 49.3 Å². The lowest BCUT2D eigenvalue weighted by Crippen LogP contribution is -2.06. The number of benzene rings is 2. The van der Waals surface area contributed by atoms with E-state index in [1.165, 1.54) is 18.2 Å². The third-order valence-corrected chi connectivity index (χ3v) is 3.49. The van der Waals surface area contributed by atoms with Gasteiger partial charge in [0.1, 0.15) is 11.6 Å². The first-order valence-electron chi connectivity index (χ1n) is 6.58. The van der Waals surface area contributed by atoms with Crippen LogP contribution in [0.3, 0.4) is 0 Å². The summed E-state index contributed by atoms with van der Waals surface area (Å²) in [6, 6.07) is 6.16. The van der Waals surface area contributed by atoms with E-state index in [1.807, 2.05) is 13.8 Å². The van der Waals surface area contributed by atoms with E-state index in [4.69, 9.17) is 11.6 Å². The van der Waals surface area contributed by atoms with Gasteiger partial charge in [-0.05, 0) is 41.8 Å². The molecule has 0 radical (unpaired) electrons. The largest absolute Gasteiger partial charge is 0.478 e. The third-order valence-electron chi connectivity index (χ3n) is 3.20. The minimum atomic E-state index is -1.24. The van der Waals surface area contributed by atoms with Crippen molar-refractivity contribution < 1.29 is 18.7 Å². The van der Waals surface area contributed by atoms with E-state index in [9.17, 15) is 18.7 Å². The van der Waals surface area contributed by atoms with Crippen LogP contribution in [-0.2, 0) is 0 Å². The molecule has 6 heteroatoms. The molecule has 2 aromatic rings. The monoisotopic (exact) mass is 325 g/mol. The van der Waals surface area contributed by atoms with Crippen molar-refractivity contribution >= 4 is 28.9 Å². The Labute approximate surface area is 131 Å². The van der Waals surface area contributed by atoms with Gasteiger partial charge in [0.2, 0.25) is 0 Å². The average Bonchev–Trinajstić information content (AvgIpc) is 2.43. The van der Waals surface area contributed by atoms with Crippen LogP contribution in [0.2, 0.25) is 5.02 Å². The summed E-state index contributed by atoms with van der Waals surface area (Å²) in [5.41, 5.74) is 1.07. The molecule has 0 heterocycles.